The summed E-state index contributed by atoms with van der Waals surface area (Å²) >= 11 is 0. The molecule has 1 rings (SSSR count). The fourth-order valence-electron chi connectivity index (χ4n) is 0.871. The molecular formula is C7H10N4O4. The van der Waals surface area contributed by atoms with E-state index in [4.69, 9.17) is 10.2 Å². The van der Waals surface area contributed by atoms with E-state index in [0.29, 0.717) is 0 Å². The van der Waals surface area contributed by atoms with Crippen LogP contribution in [0.1, 0.15) is 0 Å². The Morgan fingerprint density at radius 1 is 1.67 bits per heavy atom. The summed E-state index contributed by atoms with van der Waals surface area (Å²) < 4.78 is 0. The second-order valence-corrected chi connectivity index (χ2v) is 2.73. The first-order valence-electron chi connectivity index (χ1n) is 4.12. The summed E-state index contributed by atoms with van der Waals surface area (Å²) in [6.45, 7) is -0.444. The van der Waals surface area contributed by atoms with E-state index in [1.807, 2.05) is 0 Å². The van der Waals surface area contributed by atoms with Gasteiger partial charge < -0.3 is 15.5 Å². The largest absolute Gasteiger partial charge is 0.394 e. The zero-order chi connectivity index (χ0) is 11.3. The van der Waals surface area contributed by atoms with Gasteiger partial charge in [-0.1, -0.05) is 0 Å². The van der Waals surface area contributed by atoms with E-state index < -0.39 is 17.6 Å². The Kier molecular flexibility index (Phi) is 3.89. The predicted octanol–water partition coefficient (Wildman–Crippen LogP) is -0.850. The Morgan fingerprint density at radius 3 is 3.00 bits per heavy atom. The maximum absolute atomic E-state index is 10.5. The van der Waals surface area contributed by atoms with Gasteiger partial charge in [0.25, 0.3) is 0 Å². The van der Waals surface area contributed by atoms with Crippen LogP contribution in [0.25, 0.3) is 0 Å². The zero-order valence-electron chi connectivity index (χ0n) is 7.70. The van der Waals surface area contributed by atoms with Crippen LogP contribution in [0.4, 0.5) is 11.5 Å². The zero-order valence-corrected chi connectivity index (χ0v) is 7.70. The first-order chi connectivity index (χ1) is 7.15. The van der Waals surface area contributed by atoms with Gasteiger partial charge in [-0.15, -0.1) is 0 Å². The number of nitrogens with one attached hydrogen (secondary N) is 1. The van der Waals surface area contributed by atoms with Crippen LogP contribution in [-0.4, -0.2) is 44.4 Å². The van der Waals surface area contributed by atoms with Crippen LogP contribution in [0.5, 0.6) is 0 Å². The SMILES string of the molecule is O=[N+]([O-])c1cncnc1NCC(O)CO. The van der Waals surface area contributed by atoms with Gasteiger partial charge in [-0.05, 0) is 0 Å². The first-order valence-corrected chi connectivity index (χ1v) is 4.12. The summed E-state index contributed by atoms with van der Waals surface area (Å²) in [6, 6.07) is 0. The van der Waals surface area contributed by atoms with Gasteiger partial charge in [0.15, 0.2) is 0 Å². The third-order valence-corrected chi connectivity index (χ3v) is 1.61. The van der Waals surface area contributed by atoms with Crippen LogP contribution in [0, 0.1) is 10.1 Å². The van der Waals surface area contributed by atoms with Crippen LogP contribution in [-0.2, 0) is 0 Å². The lowest BCUT2D eigenvalue weighted by Crippen LogP contribution is -2.23. The van der Waals surface area contributed by atoms with Gasteiger partial charge in [-0.2, -0.15) is 0 Å². The van der Waals surface area contributed by atoms with Crippen molar-refractivity contribution >= 4 is 11.5 Å². The van der Waals surface area contributed by atoms with E-state index in [1.54, 1.807) is 0 Å². The fraction of sp³-hybridized carbons (Fsp3) is 0.429. The van der Waals surface area contributed by atoms with Gasteiger partial charge in [-0.3, -0.25) is 10.1 Å². The molecule has 0 fully saturated rings. The van der Waals surface area contributed by atoms with E-state index in [-0.39, 0.29) is 18.1 Å². The molecule has 0 aliphatic carbocycles. The molecule has 0 radical (unpaired) electrons. The number of aromatic nitrogens is 2. The lowest BCUT2D eigenvalue weighted by molar-refractivity contribution is -0.384. The highest BCUT2D eigenvalue weighted by Crippen LogP contribution is 2.18. The average Bonchev–Trinajstić information content (AvgIpc) is 2.26. The molecule has 0 spiro atoms. The highest BCUT2D eigenvalue weighted by molar-refractivity contribution is 5.53. The number of nitro groups is 1. The van der Waals surface area contributed by atoms with Gasteiger partial charge in [0.1, 0.15) is 12.5 Å². The molecule has 1 aromatic heterocycles. The number of rotatable bonds is 5. The number of nitrogens with zero attached hydrogens (tertiary/aromatic N) is 3. The van der Waals surface area contributed by atoms with Gasteiger partial charge in [0, 0.05) is 6.54 Å². The molecule has 1 aromatic rings. The molecule has 0 bridgehead atoms. The quantitative estimate of drug-likeness (QED) is 0.431. The summed E-state index contributed by atoms with van der Waals surface area (Å²) in [5, 5.41) is 30.6. The van der Waals surface area contributed by atoms with E-state index in [1.165, 1.54) is 0 Å². The Bertz CT molecular complexity index is 346. The molecular weight excluding hydrogens is 204 g/mol. The second kappa shape index (κ2) is 5.17. The normalized spacial score (nSPS) is 12.1. The van der Waals surface area contributed by atoms with Crippen molar-refractivity contribution < 1.29 is 15.1 Å². The van der Waals surface area contributed by atoms with Gasteiger partial charge in [-0.25, -0.2) is 9.97 Å². The molecule has 8 nitrogen and oxygen atoms in total. The van der Waals surface area contributed by atoms with E-state index >= 15 is 0 Å². The third-order valence-electron chi connectivity index (χ3n) is 1.61. The minimum atomic E-state index is -0.987. The first kappa shape index (κ1) is 11.3. The maximum Gasteiger partial charge on any atom is 0.329 e. The molecule has 0 aliphatic heterocycles. The van der Waals surface area contributed by atoms with Crippen LogP contribution < -0.4 is 5.32 Å². The van der Waals surface area contributed by atoms with E-state index in [9.17, 15) is 10.1 Å². The molecule has 82 valence electrons. The Labute approximate surface area is 84.8 Å². The molecule has 0 saturated carbocycles. The standard InChI is InChI=1S/C7H10N4O4/c12-3-5(13)1-9-7-6(11(14)15)2-8-4-10-7/h2,4-5,12-13H,1,3H2,(H,8,9,10). The summed E-state index contributed by atoms with van der Waals surface area (Å²) in [5.74, 6) is 0.0162. The molecule has 15 heavy (non-hydrogen) atoms. The molecule has 1 unspecified atom stereocenters. The molecule has 3 N–H and O–H groups in total. The lowest BCUT2D eigenvalue weighted by atomic mass is 10.3. The van der Waals surface area contributed by atoms with Crippen LogP contribution in [0.15, 0.2) is 12.5 Å². The van der Waals surface area contributed by atoms with Crippen LogP contribution in [0.2, 0.25) is 0 Å². The highest BCUT2D eigenvalue weighted by Gasteiger charge is 2.15. The summed E-state index contributed by atoms with van der Waals surface area (Å²) in [7, 11) is 0. The third kappa shape index (κ3) is 3.11. The molecule has 8 heteroatoms. The van der Waals surface area contributed by atoms with Gasteiger partial charge in [0.05, 0.1) is 17.6 Å². The fourth-order valence-corrected chi connectivity index (χ4v) is 0.871. The molecule has 0 saturated heterocycles. The Hall–Kier alpha value is -1.80. The minimum absolute atomic E-state index is 0.0162. The van der Waals surface area contributed by atoms with Crippen LogP contribution >= 0.6 is 0 Å². The number of aliphatic hydroxyl groups excluding tert-OH is 2. The Morgan fingerprint density at radius 2 is 2.40 bits per heavy atom. The molecule has 0 aliphatic rings. The van der Waals surface area contributed by atoms with Crippen molar-refractivity contribution in [3.63, 3.8) is 0 Å². The highest BCUT2D eigenvalue weighted by atomic mass is 16.6. The molecule has 0 aromatic carbocycles. The van der Waals surface area contributed by atoms with Crippen molar-refractivity contribution in [2.24, 2.45) is 0 Å². The van der Waals surface area contributed by atoms with E-state index in [0.717, 1.165) is 12.5 Å². The number of aliphatic hydroxyl groups is 2. The molecule has 0 amide bonds. The average molecular weight is 214 g/mol. The van der Waals surface area contributed by atoms with Gasteiger partial charge >= 0.3 is 5.69 Å². The number of anilines is 1. The van der Waals surface area contributed by atoms with Crippen molar-refractivity contribution in [2.45, 2.75) is 6.10 Å². The maximum atomic E-state index is 10.5. The second-order valence-electron chi connectivity index (χ2n) is 2.73. The number of hydrogen-bond acceptors (Lipinski definition) is 7. The van der Waals surface area contributed by atoms with Crippen molar-refractivity contribution in [3.8, 4) is 0 Å². The lowest BCUT2D eigenvalue weighted by Gasteiger charge is -2.08. The minimum Gasteiger partial charge on any atom is -0.394 e. The topological polar surface area (TPSA) is 121 Å². The Balaban J connectivity index is 2.72. The summed E-state index contributed by atoms with van der Waals surface area (Å²) in [5.41, 5.74) is -0.275. The smallest absolute Gasteiger partial charge is 0.329 e. The summed E-state index contributed by atoms with van der Waals surface area (Å²) in [4.78, 5) is 17.0. The number of hydrogen-bond donors (Lipinski definition) is 3. The molecule has 1 heterocycles. The van der Waals surface area contributed by atoms with Crippen molar-refractivity contribution in [2.75, 3.05) is 18.5 Å². The monoisotopic (exact) mass is 214 g/mol. The van der Waals surface area contributed by atoms with E-state index in [2.05, 4.69) is 15.3 Å². The van der Waals surface area contributed by atoms with Crippen molar-refractivity contribution in [1.29, 1.82) is 0 Å². The van der Waals surface area contributed by atoms with Crippen LogP contribution in [0.3, 0.4) is 0 Å². The predicted molar refractivity (Wildman–Crippen MR) is 50.3 cm³/mol. The van der Waals surface area contributed by atoms with Crippen molar-refractivity contribution in [3.05, 3.63) is 22.6 Å². The van der Waals surface area contributed by atoms with Gasteiger partial charge in [0.2, 0.25) is 5.82 Å². The van der Waals surface area contributed by atoms with Crippen molar-refractivity contribution in [1.82, 2.24) is 9.97 Å². The molecule has 1 atom stereocenters. The summed E-state index contributed by atoms with van der Waals surface area (Å²) in [6.07, 6.45) is 1.22.